The highest BCUT2D eigenvalue weighted by Crippen LogP contribution is 2.34. The fourth-order valence-electron chi connectivity index (χ4n) is 2.32. The molecule has 0 saturated carbocycles. The van der Waals surface area contributed by atoms with E-state index in [-0.39, 0.29) is 0 Å². The standard InChI is InChI=1S/C17H28BrNO2/c1-5-9-19-10-8-13(2)6-7-15-16(18)11-14(20-3)12-17(15)21-4/h11-13,19H,5-10H2,1-4H3. The number of hydrogen-bond donors (Lipinski definition) is 1. The maximum Gasteiger partial charge on any atom is 0.126 e. The summed E-state index contributed by atoms with van der Waals surface area (Å²) >= 11 is 3.63. The van der Waals surface area contributed by atoms with E-state index in [1.54, 1.807) is 14.2 Å². The summed E-state index contributed by atoms with van der Waals surface area (Å²) in [6.45, 7) is 6.74. The van der Waals surface area contributed by atoms with Crippen LogP contribution in [0, 0.1) is 5.92 Å². The molecule has 1 N–H and O–H groups in total. The van der Waals surface area contributed by atoms with Gasteiger partial charge in [0.15, 0.2) is 0 Å². The van der Waals surface area contributed by atoms with Crippen LogP contribution in [0.25, 0.3) is 0 Å². The summed E-state index contributed by atoms with van der Waals surface area (Å²) in [5, 5.41) is 3.46. The van der Waals surface area contributed by atoms with Gasteiger partial charge in [0.25, 0.3) is 0 Å². The third-order valence-electron chi connectivity index (χ3n) is 3.71. The van der Waals surface area contributed by atoms with Crippen molar-refractivity contribution in [2.45, 2.75) is 39.5 Å². The molecule has 0 spiro atoms. The van der Waals surface area contributed by atoms with Crippen LogP contribution < -0.4 is 14.8 Å². The van der Waals surface area contributed by atoms with Gasteiger partial charge in [-0.2, -0.15) is 0 Å². The molecule has 0 heterocycles. The maximum atomic E-state index is 5.49. The van der Waals surface area contributed by atoms with E-state index in [2.05, 4.69) is 35.1 Å². The molecule has 1 atom stereocenters. The summed E-state index contributed by atoms with van der Waals surface area (Å²) < 4.78 is 11.8. The van der Waals surface area contributed by atoms with Gasteiger partial charge < -0.3 is 14.8 Å². The lowest BCUT2D eigenvalue weighted by Crippen LogP contribution is -2.18. The van der Waals surface area contributed by atoms with Crippen LogP contribution in [-0.2, 0) is 6.42 Å². The van der Waals surface area contributed by atoms with Gasteiger partial charge in [-0.15, -0.1) is 0 Å². The largest absolute Gasteiger partial charge is 0.497 e. The first-order valence-electron chi connectivity index (χ1n) is 7.73. The molecule has 1 aromatic rings. The normalized spacial score (nSPS) is 12.2. The number of ether oxygens (including phenoxy) is 2. The number of rotatable bonds is 10. The van der Waals surface area contributed by atoms with Crippen molar-refractivity contribution in [1.29, 1.82) is 0 Å². The van der Waals surface area contributed by atoms with Gasteiger partial charge >= 0.3 is 0 Å². The van der Waals surface area contributed by atoms with E-state index in [1.807, 2.05) is 12.1 Å². The molecule has 1 rings (SSSR count). The molecule has 1 unspecified atom stereocenters. The molecule has 0 aliphatic carbocycles. The van der Waals surface area contributed by atoms with Crippen LogP contribution in [0.1, 0.15) is 38.7 Å². The summed E-state index contributed by atoms with van der Waals surface area (Å²) in [4.78, 5) is 0. The molecule has 21 heavy (non-hydrogen) atoms. The number of methoxy groups -OCH3 is 2. The van der Waals surface area contributed by atoms with E-state index >= 15 is 0 Å². The fourth-order valence-corrected chi connectivity index (χ4v) is 2.93. The molecule has 0 amide bonds. The van der Waals surface area contributed by atoms with Crippen LogP contribution in [0.3, 0.4) is 0 Å². The Bertz CT molecular complexity index is 423. The highest BCUT2D eigenvalue weighted by Gasteiger charge is 2.12. The van der Waals surface area contributed by atoms with Crippen LogP contribution >= 0.6 is 15.9 Å². The first-order valence-corrected chi connectivity index (χ1v) is 8.52. The third-order valence-corrected chi connectivity index (χ3v) is 4.42. The molecular weight excluding hydrogens is 330 g/mol. The van der Waals surface area contributed by atoms with Crippen molar-refractivity contribution in [3.8, 4) is 11.5 Å². The molecule has 3 nitrogen and oxygen atoms in total. The van der Waals surface area contributed by atoms with Gasteiger partial charge in [0, 0.05) is 16.1 Å². The van der Waals surface area contributed by atoms with Crippen molar-refractivity contribution in [1.82, 2.24) is 5.32 Å². The van der Waals surface area contributed by atoms with E-state index in [4.69, 9.17) is 9.47 Å². The van der Waals surface area contributed by atoms with Gasteiger partial charge in [-0.1, -0.05) is 29.8 Å². The van der Waals surface area contributed by atoms with Crippen molar-refractivity contribution in [2.75, 3.05) is 27.3 Å². The van der Waals surface area contributed by atoms with Gasteiger partial charge in [-0.25, -0.2) is 0 Å². The first kappa shape index (κ1) is 18.3. The first-order chi connectivity index (χ1) is 10.1. The number of nitrogens with one attached hydrogen (secondary N) is 1. The monoisotopic (exact) mass is 357 g/mol. The minimum Gasteiger partial charge on any atom is -0.497 e. The zero-order chi connectivity index (χ0) is 15.7. The summed E-state index contributed by atoms with van der Waals surface area (Å²) in [5.74, 6) is 2.42. The highest BCUT2D eigenvalue weighted by molar-refractivity contribution is 9.10. The van der Waals surface area contributed by atoms with Crippen LogP contribution in [0.2, 0.25) is 0 Å². The summed E-state index contributed by atoms with van der Waals surface area (Å²) in [6, 6.07) is 3.96. The molecule has 0 aliphatic rings. The number of benzene rings is 1. The predicted octanol–water partition coefficient (Wildman–Crippen LogP) is 4.42. The quantitative estimate of drug-likeness (QED) is 0.628. The Labute approximate surface area is 137 Å². The molecule has 0 aliphatic heterocycles. The number of hydrogen-bond acceptors (Lipinski definition) is 3. The van der Waals surface area contributed by atoms with E-state index in [9.17, 15) is 0 Å². The van der Waals surface area contributed by atoms with Crippen LogP contribution in [0.15, 0.2) is 16.6 Å². The predicted molar refractivity (Wildman–Crippen MR) is 92.5 cm³/mol. The lowest BCUT2D eigenvalue weighted by Gasteiger charge is -2.16. The van der Waals surface area contributed by atoms with E-state index < -0.39 is 0 Å². The summed E-state index contributed by atoms with van der Waals surface area (Å²) in [6.07, 6.45) is 4.60. The van der Waals surface area contributed by atoms with Crippen molar-refractivity contribution in [3.05, 3.63) is 22.2 Å². The summed E-state index contributed by atoms with van der Waals surface area (Å²) in [5.41, 5.74) is 1.23. The second-order valence-corrected chi connectivity index (χ2v) is 6.33. The van der Waals surface area contributed by atoms with E-state index in [0.29, 0.717) is 5.92 Å². The Morgan fingerprint density at radius 3 is 2.52 bits per heavy atom. The van der Waals surface area contributed by atoms with Gasteiger partial charge in [-0.05, 0) is 50.8 Å². The van der Waals surface area contributed by atoms with E-state index in [1.165, 1.54) is 18.4 Å². The van der Waals surface area contributed by atoms with Crippen LogP contribution in [0.5, 0.6) is 11.5 Å². The average Bonchev–Trinajstić information content (AvgIpc) is 2.49. The van der Waals surface area contributed by atoms with Crippen molar-refractivity contribution in [2.24, 2.45) is 5.92 Å². The molecule has 0 aromatic heterocycles. The number of halogens is 1. The topological polar surface area (TPSA) is 30.5 Å². The van der Waals surface area contributed by atoms with Crippen molar-refractivity contribution < 1.29 is 9.47 Å². The average molecular weight is 358 g/mol. The molecular formula is C17H28BrNO2. The molecule has 0 saturated heterocycles. The van der Waals surface area contributed by atoms with E-state index in [0.717, 1.165) is 41.9 Å². The highest BCUT2D eigenvalue weighted by atomic mass is 79.9. The Morgan fingerprint density at radius 2 is 1.90 bits per heavy atom. The lowest BCUT2D eigenvalue weighted by atomic mass is 9.97. The Kier molecular flexibility index (Phi) is 8.77. The van der Waals surface area contributed by atoms with Crippen molar-refractivity contribution in [3.63, 3.8) is 0 Å². The van der Waals surface area contributed by atoms with Crippen LogP contribution in [0.4, 0.5) is 0 Å². The zero-order valence-electron chi connectivity index (χ0n) is 13.7. The minimum atomic E-state index is 0.702. The third kappa shape index (κ3) is 6.27. The van der Waals surface area contributed by atoms with Gasteiger partial charge in [0.1, 0.15) is 11.5 Å². The van der Waals surface area contributed by atoms with Crippen LogP contribution in [-0.4, -0.2) is 27.3 Å². The molecule has 120 valence electrons. The smallest absolute Gasteiger partial charge is 0.126 e. The zero-order valence-corrected chi connectivity index (χ0v) is 15.3. The second kappa shape index (κ2) is 10.1. The Hall–Kier alpha value is -0.740. The second-order valence-electron chi connectivity index (χ2n) is 5.47. The maximum absolute atomic E-state index is 5.49. The van der Waals surface area contributed by atoms with Gasteiger partial charge in [0.05, 0.1) is 14.2 Å². The molecule has 1 aromatic carbocycles. The molecule has 4 heteroatoms. The van der Waals surface area contributed by atoms with Gasteiger partial charge in [0.2, 0.25) is 0 Å². The Balaban J connectivity index is 2.54. The fraction of sp³-hybridized carbons (Fsp3) is 0.647. The minimum absolute atomic E-state index is 0.702. The summed E-state index contributed by atoms with van der Waals surface area (Å²) in [7, 11) is 3.38. The molecule has 0 fully saturated rings. The van der Waals surface area contributed by atoms with Crippen molar-refractivity contribution >= 4 is 15.9 Å². The molecule has 0 radical (unpaired) electrons. The lowest BCUT2D eigenvalue weighted by molar-refractivity contribution is 0.387. The van der Waals surface area contributed by atoms with Gasteiger partial charge in [-0.3, -0.25) is 0 Å². The Morgan fingerprint density at radius 1 is 1.14 bits per heavy atom. The molecule has 0 bridgehead atoms. The SMILES string of the molecule is CCCNCCC(C)CCc1c(Br)cc(OC)cc1OC.